The van der Waals surface area contributed by atoms with Gasteiger partial charge in [0.2, 0.25) is 5.91 Å². The lowest BCUT2D eigenvalue weighted by Crippen LogP contribution is -2.24. The first kappa shape index (κ1) is 17.4. The summed E-state index contributed by atoms with van der Waals surface area (Å²) in [7, 11) is 0. The Hall–Kier alpha value is -3.06. The third-order valence-electron chi connectivity index (χ3n) is 4.13. The van der Waals surface area contributed by atoms with Crippen LogP contribution in [0.3, 0.4) is 0 Å². The van der Waals surface area contributed by atoms with Crippen LogP contribution in [-0.2, 0) is 17.8 Å². The number of halogens is 1. The van der Waals surface area contributed by atoms with Crippen molar-refractivity contribution >= 4 is 17.5 Å². The van der Waals surface area contributed by atoms with E-state index in [1.807, 2.05) is 24.3 Å². The number of hydrogen-bond acceptors (Lipinski definition) is 5. The van der Waals surface area contributed by atoms with E-state index in [0.29, 0.717) is 36.3 Å². The molecule has 0 spiro atoms. The average molecular weight is 385 g/mol. The summed E-state index contributed by atoms with van der Waals surface area (Å²) >= 11 is 6.21. The third kappa shape index (κ3) is 4.03. The fourth-order valence-electron chi connectivity index (χ4n) is 2.82. The number of rotatable bonds is 5. The zero-order valence-corrected chi connectivity index (χ0v) is 15.1. The van der Waals surface area contributed by atoms with Crippen molar-refractivity contribution in [1.29, 1.82) is 0 Å². The van der Waals surface area contributed by atoms with Gasteiger partial charge in [0.05, 0.1) is 17.1 Å². The van der Waals surface area contributed by atoms with Gasteiger partial charge in [-0.15, -0.1) is 0 Å². The molecule has 1 N–H and O–H groups in total. The number of carbonyl (C=O) groups is 1. The van der Waals surface area contributed by atoms with E-state index in [1.54, 1.807) is 23.1 Å². The van der Waals surface area contributed by atoms with Gasteiger partial charge in [-0.2, -0.15) is 5.10 Å². The Kier molecular flexibility index (Phi) is 4.93. The number of fused-ring (bicyclic) bond motifs is 1. The van der Waals surface area contributed by atoms with Crippen molar-refractivity contribution in [3.63, 3.8) is 0 Å². The van der Waals surface area contributed by atoms with Gasteiger partial charge >= 0.3 is 0 Å². The van der Waals surface area contributed by atoms with Crippen LogP contribution in [0.2, 0.25) is 5.02 Å². The highest BCUT2D eigenvalue weighted by atomic mass is 35.5. The molecule has 0 fully saturated rings. The molecule has 1 amide bonds. The Morgan fingerprint density at radius 1 is 1.15 bits per heavy atom. The molecule has 0 saturated heterocycles. The van der Waals surface area contributed by atoms with Crippen molar-refractivity contribution in [2.45, 2.75) is 13.0 Å². The number of aromatic nitrogens is 3. The second-order valence-electron chi connectivity index (χ2n) is 6.06. The molecule has 0 bridgehead atoms. The van der Waals surface area contributed by atoms with Crippen molar-refractivity contribution in [3.05, 3.63) is 65.2 Å². The van der Waals surface area contributed by atoms with Gasteiger partial charge in [-0.05, 0) is 35.4 Å². The minimum atomic E-state index is -0.0944. The van der Waals surface area contributed by atoms with E-state index in [9.17, 15) is 4.79 Å². The third-order valence-corrected chi connectivity index (χ3v) is 4.41. The van der Waals surface area contributed by atoms with Crippen molar-refractivity contribution in [2.75, 3.05) is 13.2 Å². The van der Waals surface area contributed by atoms with Gasteiger partial charge in [0.25, 0.3) is 0 Å². The van der Waals surface area contributed by atoms with Crippen LogP contribution in [0.5, 0.6) is 11.5 Å². The summed E-state index contributed by atoms with van der Waals surface area (Å²) < 4.78 is 12.7. The Morgan fingerprint density at radius 3 is 2.74 bits per heavy atom. The van der Waals surface area contributed by atoms with Crippen molar-refractivity contribution in [2.24, 2.45) is 0 Å². The largest absolute Gasteiger partial charge is 0.486 e. The Morgan fingerprint density at radius 2 is 1.96 bits per heavy atom. The smallest absolute Gasteiger partial charge is 0.224 e. The van der Waals surface area contributed by atoms with Crippen LogP contribution in [0.1, 0.15) is 11.1 Å². The van der Waals surface area contributed by atoms with Gasteiger partial charge in [0.1, 0.15) is 25.9 Å². The first-order chi connectivity index (χ1) is 13.2. The maximum atomic E-state index is 12.3. The second kappa shape index (κ2) is 7.67. The lowest BCUT2D eigenvalue weighted by molar-refractivity contribution is -0.120. The van der Waals surface area contributed by atoms with E-state index in [-0.39, 0.29) is 12.3 Å². The molecule has 4 rings (SSSR count). The number of benzene rings is 2. The number of nitrogens with one attached hydrogen (secondary N) is 1. The van der Waals surface area contributed by atoms with E-state index in [2.05, 4.69) is 15.4 Å². The van der Waals surface area contributed by atoms with Crippen LogP contribution < -0.4 is 14.8 Å². The molecule has 3 aromatic rings. The topological polar surface area (TPSA) is 78.3 Å². The van der Waals surface area contributed by atoms with Gasteiger partial charge in [-0.25, -0.2) is 9.67 Å². The van der Waals surface area contributed by atoms with Crippen LogP contribution in [0.15, 0.2) is 49.1 Å². The highest BCUT2D eigenvalue weighted by Gasteiger charge is 2.17. The molecule has 0 saturated carbocycles. The van der Waals surface area contributed by atoms with E-state index >= 15 is 0 Å². The second-order valence-corrected chi connectivity index (χ2v) is 6.47. The SMILES string of the molecule is O=C(Cc1cc(Cl)c2c(c1)OCCO2)NCc1ccc(-n2cncn2)cc1. The maximum Gasteiger partial charge on any atom is 0.224 e. The summed E-state index contributed by atoms with van der Waals surface area (Å²) in [5.74, 6) is 1.03. The van der Waals surface area contributed by atoms with Gasteiger partial charge in [-0.1, -0.05) is 23.7 Å². The fraction of sp³-hybridized carbons (Fsp3) is 0.211. The van der Waals surface area contributed by atoms with E-state index in [4.69, 9.17) is 21.1 Å². The summed E-state index contributed by atoms with van der Waals surface area (Å²) in [5, 5.41) is 7.45. The van der Waals surface area contributed by atoms with Gasteiger partial charge in [0.15, 0.2) is 11.5 Å². The van der Waals surface area contributed by atoms with Gasteiger partial charge in [-0.3, -0.25) is 4.79 Å². The van der Waals surface area contributed by atoms with Crippen LogP contribution in [0.4, 0.5) is 0 Å². The van der Waals surface area contributed by atoms with Gasteiger partial charge < -0.3 is 14.8 Å². The number of nitrogens with zero attached hydrogens (tertiary/aromatic N) is 3. The van der Waals surface area contributed by atoms with E-state index in [1.165, 1.54) is 6.33 Å². The molecular formula is C19H17ClN4O3. The minimum absolute atomic E-state index is 0.0944. The molecule has 2 heterocycles. The average Bonchev–Trinajstić information content (AvgIpc) is 3.22. The van der Waals surface area contributed by atoms with E-state index in [0.717, 1.165) is 16.8 Å². The quantitative estimate of drug-likeness (QED) is 0.731. The summed E-state index contributed by atoms with van der Waals surface area (Å²) in [6.45, 7) is 1.39. The zero-order valence-electron chi connectivity index (χ0n) is 14.4. The molecule has 2 aromatic carbocycles. The van der Waals surface area contributed by atoms with Crippen molar-refractivity contribution < 1.29 is 14.3 Å². The molecule has 1 aromatic heterocycles. The van der Waals surface area contributed by atoms with Gasteiger partial charge in [0, 0.05) is 6.54 Å². The highest BCUT2D eigenvalue weighted by Crippen LogP contribution is 2.38. The molecule has 7 nitrogen and oxygen atoms in total. The number of amides is 1. The van der Waals surface area contributed by atoms with E-state index < -0.39 is 0 Å². The Labute approximate surface area is 160 Å². The fourth-order valence-corrected chi connectivity index (χ4v) is 3.11. The Bertz CT molecular complexity index is 942. The minimum Gasteiger partial charge on any atom is -0.486 e. The normalized spacial score (nSPS) is 12.6. The molecule has 1 aliphatic rings. The molecule has 0 radical (unpaired) electrons. The first-order valence-electron chi connectivity index (χ1n) is 8.48. The number of ether oxygens (including phenoxy) is 2. The monoisotopic (exact) mass is 384 g/mol. The van der Waals surface area contributed by atoms with Crippen molar-refractivity contribution in [3.8, 4) is 17.2 Å². The summed E-state index contributed by atoms with van der Waals surface area (Å²) in [6, 6.07) is 11.3. The molecule has 27 heavy (non-hydrogen) atoms. The highest BCUT2D eigenvalue weighted by molar-refractivity contribution is 6.32. The van der Waals surface area contributed by atoms with Crippen LogP contribution >= 0.6 is 11.6 Å². The molecule has 0 aliphatic carbocycles. The standard InChI is InChI=1S/C19H17ClN4O3/c20-16-7-14(8-17-19(16)27-6-5-26-17)9-18(25)22-10-13-1-3-15(4-2-13)24-12-21-11-23-24/h1-4,7-8,11-12H,5-6,9-10H2,(H,22,25). The molecule has 1 aliphatic heterocycles. The zero-order chi connectivity index (χ0) is 18.6. The van der Waals surface area contributed by atoms with Crippen LogP contribution in [0.25, 0.3) is 5.69 Å². The predicted octanol–water partition coefficient (Wildman–Crippen LogP) is 2.55. The lowest BCUT2D eigenvalue weighted by atomic mass is 10.1. The summed E-state index contributed by atoms with van der Waals surface area (Å²) in [6.07, 6.45) is 3.33. The van der Waals surface area contributed by atoms with Crippen LogP contribution in [-0.4, -0.2) is 33.9 Å². The summed E-state index contributed by atoms with van der Waals surface area (Å²) in [4.78, 5) is 16.2. The Balaban J connectivity index is 1.35. The number of hydrogen-bond donors (Lipinski definition) is 1. The molecule has 138 valence electrons. The first-order valence-corrected chi connectivity index (χ1v) is 8.85. The summed E-state index contributed by atoms with van der Waals surface area (Å²) in [5.41, 5.74) is 2.68. The number of carbonyl (C=O) groups excluding carboxylic acids is 1. The molecule has 8 heteroatoms. The lowest BCUT2D eigenvalue weighted by Gasteiger charge is -2.20. The molecule has 0 unspecified atom stereocenters. The molecular weight excluding hydrogens is 368 g/mol. The van der Waals surface area contributed by atoms with Crippen molar-refractivity contribution in [1.82, 2.24) is 20.1 Å². The maximum absolute atomic E-state index is 12.3. The predicted molar refractivity (Wildman–Crippen MR) is 99.4 cm³/mol. The van der Waals surface area contributed by atoms with Crippen LogP contribution in [0, 0.1) is 0 Å². The molecule has 0 atom stereocenters.